The van der Waals surface area contributed by atoms with Crippen LogP contribution < -0.4 is 10.6 Å². The third-order valence-electron chi connectivity index (χ3n) is 3.39. The number of carbonyl (C=O) groups excluding carboxylic acids is 2. The Bertz CT molecular complexity index is 685. The number of hydrogen-bond acceptors (Lipinski definition) is 2. The van der Waals surface area contributed by atoms with E-state index in [0.717, 1.165) is 12.0 Å². The molecule has 0 fully saturated rings. The highest BCUT2D eigenvalue weighted by Crippen LogP contribution is 2.10. The molecule has 24 heavy (non-hydrogen) atoms. The maximum absolute atomic E-state index is 11.9. The number of carbonyl (C=O) groups is 2. The summed E-state index contributed by atoms with van der Waals surface area (Å²) in [5.41, 5.74) is 1.62. The predicted octanol–water partition coefficient (Wildman–Crippen LogP) is 3.47. The smallest absolute Gasteiger partial charge is 0.251 e. The van der Waals surface area contributed by atoms with Gasteiger partial charge in [-0.1, -0.05) is 35.3 Å². The van der Waals surface area contributed by atoms with Crippen LogP contribution in [0, 0.1) is 0 Å². The summed E-state index contributed by atoms with van der Waals surface area (Å²) >= 11 is 11.6. The number of benzene rings is 2. The number of nitrogens with one attached hydrogen (secondary N) is 2. The quantitative estimate of drug-likeness (QED) is 0.789. The van der Waals surface area contributed by atoms with Crippen molar-refractivity contribution in [3.63, 3.8) is 0 Å². The summed E-state index contributed by atoms with van der Waals surface area (Å²) in [5, 5.41) is 6.80. The van der Waals surface area contributed by atoms with E-state index in [1.165, 1.54) is 0 Å². The summed E-state index contributed by atoms with van der Waals surface area (Å²) in [4.78, 5) is 23.6. The first-order valence-corrected chi connectivity index (χ1v) is 8.35. The van der Waals surface area contributed by atoms with E-state index in [0.29, 0.717) is 22.2 Å². The van der Waals surface area contributed by atoms with Gasteiger partial charge in [-0.05, 0) is 48.4 Å². The summed E-state index contributed by atoms with van der Waals surface area (Å²) in [6.07, 6.45) is 0.972. The molecule has 0 bridgehead atoms. The van der Waals surface area contributed by atoms with Crippen LogP contribution in [0.2, 0.25) is 10.0 Å². The molecule has 0 aromatic heterocycles. The molecule has 0 saturated heterocycles. The van der Waals surface area contributed by atoms with Crippen LogP contribution in [0.15, 0.2) is 48.5 Å². The Morgan fingerprint density at radius 1 is 0.792 bits per heavy atom. The first kappa shape index (κ1) is 18.3. The summed E-state index contributed by atoms with van der Waals surface area (Å²) in [6.45, 7) is 0.833. The van der Waals surface area contributed by atoms with Crippen molar-refractivity contribution in [2.24, 2.45) is 0 Å². The number of rotatable bonds is 7. The second-order valence-electron chi connectivity index (χ2n) is 5.24. The summed E-state index contributed by atoms with van der Waals surface area (Å²) in [6, 6.07) is 14.1. The molecule has 0 atom stereocenters. The first-order valence-electron chi connectivity index (χ1n) is 7.59. The summed E-state index contributed by atoms with van der Waals surface area (Å²) in [7, 11) is 0. The molecular weight excluding hydrogens is 347 g/mol. The predicted molar refractivity (Wildman–Crippen MR) is 96.6 cm³/mol. The normalized spacial score (nSPS) is 10.2. The molecule has 0 unspecified atom stereocenters. The molecule has 2 amide bonds. The van der Waals surface area contributed by atoms with Crippen LogP contribution >= 0.6 is 23.2 Å². The monoisotopic (exact) mass is 364 g/mol. The molecule has 0 aliphatic heterocycles. The largest absolute Gasteiger partial charge is 0.356 e. The molecule has 0 aliphatic carbocycles. The summed E-state index contributed by atoms with van der Waals surface area (Å²) < 4.78 is 0. The molecule has 6 heteroatoms. The molecule has 2 aromatic carbocycles. The van der Waals surface area contributed by atoms with E-state index in [-0.39, 0.29) is 24.8 Å². The van der Waals surface area contributed by atoms with E-state index in [1.54, 1.807) is 24.3 Å². The van der Waals surface area contributed by atoms with Crippen molar-refractivity contribution in [2.75, 3.05) is 13.1 Å². The van der Waals surface area contributed by atoms with Crippen molar-refractivity contribution in [3.05, 3.63) is 69.7 Å². The fourth-order valence-electron chi connectivity index (χ4n) is 2.08. The lowest BCUT2D eigenvalue weighted by Gasteiger charge is -2.07. The molecule has 4 nitrogen and oxygen atoms in total. The van der Waals surface area contributed by atoms with E-state index in [9.17, 15) is 9.59 Å². The average molecular weight is 365 g/mol. The standard InChI is InChI=1S/C18H18Cl2N2O2/c19-15-5-1-13(2-6-15)9-11-21-17(23)10-12-22-18(24)14-3-7-16(20)8-4-14/h1-8H,9-12H2,(H,21,23)(H,22,24). The van der Waals surface area contributed by atoms with Crippen LogP contribution in [0.5, 0.6) is 0 Å². The maximum atomic E-state index is 11.9. The number of amides is 2. The van der Waals surface area contributed by atoms with Crippen LogP contribution in [0.3, 0.4) is 0 Å². The van der Waals surface area contributed by atoms with Gasteiger partial charge in [0.2, 0.25) is 5.91 Å². The molecule has 0 radical (unpaired) electrons. The topological polar surface area (TPSA) is 58.2 Å². The highest BCUT2D eigenvalue weighted by Gasteiger charge is 2.06. The van der Waals surface area contributed by atoms with Gasteiger partial charge in [0.15, 0.2) is 0 Å². The van der Waals surface area contributed by atoms with Gasteiger partial charge in [0.05, 0.1) is 0 Å². The van der Waals surface area contributed by atoms with Gasteiger partial charge in [0.25, 0.3) is 5.91 Å². The number of halogens is 2. The van der Waals surface area contributed by atoms with E-state index >= 15 is 0 Å². The first-order chi connectivity index (χ1) is 11.5. The van der Waals surface area contributed by atoms with Crippen molar-refractivity contribution >= 4 is 35.0 Å². The molecule has 0 spiro atoms. The average Bonchev–Trinajstić information content (AvgIpc) is 2.57. The van der Waals surface area contributed by atoms with E-state index < -0.39 is 0 Å². The minimum atomic E-state index is -0.222. The summed E-state index contributed by atoms with van der Waals surface area (Å²) in [5.74, 6) is -0.319. The minimum Gasteiger partial charge on any atom is -0.356 e. The molecule has 0 saturated carbocycles. The molecule has 0 heterocycles. The van der Waals surface area contributed by atoms with Gasteiger partial charge in [-0.25, -0.2) is 0 Å². The molecule has 2 rings (SSSR count). The van der Waals surface area contributed by atoms with E-state index in [1.807, 2.05) is 24.3 Å². The second kappa shape index (κ2) is 9.30. The van der Waals surface area contributed by atoms with Gasteiger partial charge in [-0.2, -0.15) is 0 Å². The Balaban J connectivity index is 1.63. The lowest BCUT2D eigenvalue weighted by atomic mass is 10.1. The molecule has 2 aromatic rings. The van der Waals surface area contributed by atoms with Crippen molar-refractivity contribution in [1.29, 1.82) is 0 Å². The van der Waals surface area contributed by atoms with Crippen LogP contribution in [-0.4, -0.2) is 24.9 Å². The Labute approximate surface area is 151 Å². The van der Waals surface area contributed by atoms with Gasteiger partial charge in [-0.3, -0.25) is 9.59 Å². The highest BCUT2D eigenvalue weighted by molar-refractivity contribution is 6.30. The fourth-order valence-corrected chi connectivity index (χ4v) is 2.33. The Morgan fingerprint density at radius 3 is 2.00 bits per heavy atom. The maximum Gasteiger partial charge on any atom is 0.251 e. The van der Waals surface area contributed by atoms with Gasteiger partial charge in [0.1, 0.15) is 0 Å². The lowest BCUT2D eigenvalue weighted by Crippen LogP contribution is -2.31. The lowest BCUT2D eigenvalue weighted by molar-refractivity contribution is -0.120. The van der Waals surface area contributed by atoms with Gasteiger partial charge < -0.3 is 10.6 Å². The third-order valence-corrected chi connectivity index (χ3v) is 3.90. The zero-order valence-electron chi connectivity index (χ0n) is 13.0. The SMILES string of the molecule is O=C(CCNC(=O)c1ccc(Cl)cc1)NCCc1ccc(Cl)cc1. The molecule has 2 N–H and O–H groups in total. The van der Waals surface area contributed by atoms with Crippen molar-refractivity contribution in [2.45, 2.75) is 12.8 Å². The zero-order valence-corrected chi connectivity index (χ0v) is 14.5. The van der Waals surface area contributed by atoms with E-state index in [2.05, 4.69) is 10.6 Å². The van der Waals surface area contributed by atoms with Gasteiger partial charge >= 0.3 is 0 Å². The van der Waals surface area contributed by atoms with Crippen LogP contribution in [0.4, 0.5) is 0 Å². The number of hydrogen-bond donors (Lipinski definition) is 2. The fraction of sp³-hybridized carbons (Fsp3) is 0.222. The van der Waals surface area contributed by atoms with Crippen molar-refractivity contribution in [1.82, 2.24) is 10.6 Å². The Hall–Kier alpha value is -2.04. The third kappa shape index (κ3) is 6.22. The Morgan fingerprint density at radius 2 is 1.38 bits per heavy atom. The van der Waals surface area contributed by atoms with Crippen LogP contribution in [-0.2, 0) is 11.2 Å². The Kier molecular flexibility index (Phi) is 7.09. The van der Waals surface area contributed by atoms with Crippen LogP contribution in [0.1, 0.15) is 22.3 Å². The molecular formula is C18H18Cl2N2O2. The van der Waals surface area contributed by atoms with Crippen molar-refractivity contribution < 1.29 is 9.59 Å². The zero-order chi connectivity index (χ0) is 17.4. The van der Waals surface area contributed by atoms with E-state index in [4.69, 9.17) is 23.2 Å². The molecule has 126 valence electrons. The molecule has 0 aliphatic rings. The van der Waals surface area contributed by atoms with Gasteiger partial charge in [0, 0.05) is 35.1 Å². The van der Waals surface area contributed by atoms with Crippen LogP contribution in [0.25, 0.3) is 0 Å². The minimum absolute atomic E-state index is 0.0969. The second-order valence-corrected chi connectivity index (χ2v) is 6.11. The van der Waals surface area contributed by atoms with Gasteiger partial charge in [-0.15, -0.1) is 0 Å². The highest BCUT2D eigenvalue weighted by atomic mass is 35.5. The van der Waals surface area contributed by atoms with Crippen molar-refractivity contribution in [3.8, 4) is 0 Å².